The van der Waals surface area contributed by atoms with Crippen molar-refractivity contribution in [3.05, 3.63) is 28.8 Å². The molecule has 108 valence electrons. The van der Waals surface area contributed by atoms with E-state index in [-0.39, 0.29) is 0 Å². The summed E-state index contributed by atoms with van der Waals surface area (Å²) in [6, 6.07) is 6.70. The van der Waals surface area contributed by atoms with E-state index >= 15 is 0 Å². The maximum absolute atomic E-state index is 6.35. The monoisotopic (exact) mass is 282 g/mol. The Labute approximate surface area is 123 Å². The van der Waals surface area contributed by atoms with Gasteiger partial charge in [0, 0.05) is 35.4 Å². The van der Waals surface area contributed by atoms with Crippen LogP contribution in [-0.2, 0) is 6.54 Å². The summed E-state index contributed by atoms with van der Waals surface area (Å²) in [4.78, 5) is 2.47. The Hall–Kier alpha value is -0.730. The number of hydrogen-bond acceptors (Lipinski definition) is 2. The number of anilines is 1. The molecule has 1 aromatic rings. The molecule has 0 heterocycles. The fraction of sp³-hybridized carbons (Fsp3) is 0.625. The van der Waals surface area contributed by atoms with Gasteiger partial charge < -0.3 is 10.2 Å². The number of benzene rings is 1. The van der Waals surface area contributed by atoms with Crippen LogP contribution >= 0.6 is 11.6 Å². The molecular formula is C16H27ClN2. The first-order valence-corrected chi connectivity index (χ1v) is 7.68. The van der Waals surface area contributed by atoms with Crippen LogP contribution in [0.1, 0.15) is 45.6 Å². The van der Waals surface area contributed by atoms with Crippen molar-refractivity contribution >= 4 is 17.3 Å². The SMILES string of the molecule is CCCCCN(c1cccc(Cl)c1CNC)C(C)C. The lowest BCUT2D eigenvalue weighted by molar-refractivity contribution is 0.622. The third-order valence-corrected chi connectivity index (χ3v) is 3.74. The number of rotatable bonds is 8. The molecule has 1 rings (SSSR count). The first-order valence-electron chi connectivity index (χ1n) is 7.30. The van der Waals surface area contributed by atoms with Gasteiger partial charge in [0.05, 0.1) is 0 Å². The van der Waals surface area contributed by atoms with Crippen molar-refractivity contribution in [2.24, 2.45) is 0 Å². The van der Waals surface area contributed by atoms with Gasteiger partial charge in [-0.1, -0.05) is 37.4 Å². The Kier molecular flexibility index (Phi) is 7.25. The number of hydrogen-bond donors (Lipinski definition) is 1. The first kappa shape index (κ1) is 16.3. The quantitative estimate of drug-likeness (QED) is 0.708. The Bertz CT molecular complexity index is 377. The second kappa shape index (κ2) is 8.44. The minimum Gasteiger partial charge on any atom is -0.369 e. The third-order valence-electron chi connectivity index (χ3n) is 3.38. The van der Waals surface area contributed by atoms with E-state index in [4.69, 9.17) is 11.6 Å². The van der Waals surface area contributed by atoms with Gasteiger partial charge in [-0.2, -0.15) is 0 Å². The van der Waals surface area contributed by atoms with Crippen molar-refractivity contribution in [1.82, 2.24) is 5.32 Å². The van der Waals surface area contributed by atoms with E-state index < -0.39 is 0 Å². The summed E-state index contributed by atoms with van der Waals surface area (Å²) in [5, 5.41) is 4.07. The molecule has 0 aliphatic rings. The summed E-state index contributed by atoms with van der Waals surface area (Å²) in [5.74, 6) is 0. The van der Waals surface area contributed by atoms with Gasteiger partial charge in [0.1, 0.15) is 0 Å². The average molecular weight is 283 g/mol. The summed E-state index contributed by atoms with van der Waals surface area (Å²) in [7, 11) is 1.96. The zero-order chi connectivity index (χ0) is 14.3. The second-order valence-corrected chi connectivity index (χ2v) is 5.67. The molecular weight excluding hydrogens is 256 g/mol. The second-order valence-electron chi connectivity index (χ2n) is 5.26. The molecule has 0 radical (unpaired) electrons. The Balaban J connectivity index is 2.97. The third kappa shape index (κ3) is 4.70. The predicted molar refractivity (Wildman–Crippen MR) is 86.2 cm³/mol. The highest BCUT2D eigenvalue weighted by molar-refractivity contribution is 6.31. The largest absolute Gasteiger partial charge is 0.369 e. The van der Waals surface area contributed by atoms with Crippen LogP contribution in [0.2, 0.25) is 5.02 Å². The maximum Gasteiger partial charge on any atom is 0.0471 e. The lowest BCUT2D eigenvalue weighted by Crippen LogP contribution is -2.33. The van der Waals surface area contributed by atoms with Gasteiger partial charge in [-0.15, -0.1) is 0 Å². The topological polar surface area (TPSA) is 15.3 Å². The number of nitrogens with zero attached hydrogens (tertiary/aromatic N) is 1. The Morgan fingerprint density at radius 3 is 2.58 bits per heavy atom. The zero-order valence-corrected chi connectivity index (χ0v) is 13.4. The van der Waals surface area contributed by atoms with E-state index in [1.54, 1.807) is 0 Å². The molecule has 1 aromatic carbocycles. The summed E-state index contributed by atoms with van der Waals surface area (Å²) in [5.41, 5.74) is 2.48. The molecule has 2 nitrogen and oxygen atoms in total. The molecule has 19 heavy (non-hydrogen) atoms. The molecule has 0 fully saturated rings. The van der Waals surface area contributed by atoms with E-state index in [0.717, 1.165) is 18.1 Å². The van der Waals surface area contributed by atoms with E-state index in [0.29, 0.717) is 6.04 Å². The van der Waals surface area contributed by atoms with Crippen molar-refractivity contribution in [3.63, 3.8) is 0 Å². The van der Waals surface area contributed by atoms with Gasteiger partial charge in [-0.25, -0.2) is 0 Å². The van der Waals surface area contributed by atoms with Gasteiger partial charge in [-0.3, -0.25) is 0 Å². The van der Waals surface area contributed by atoms with Gasteiger partial charge >= 0.3 is 0 Å². The van der Waals surface area contributed by atoms with Crippen LogP contribution in [0.25, 0.3) is 0 Å². The van der Waals surface area contributed by atoms with E-state index in [2.05, 4.69) is 37.1 Å². The molecule has 0 saturated carbocycles. The number of nitrogens with one attached hydrogen (secondary N) is 1. The van der Waals surface area contributed by atoms with E-state index in [1.165, 1.54) is 30.5 Å². The maximum atomic E-state index is 6.35. The summed E-state index contributed by atoms with van der Waals surface area (Å²) in [6.07, 6.45) is 3.77. The van der Waals surface area contributed by atoms with Gasteiger partial charge in [0.2, 0.25) is 0 Å². The molecule has 1 N–H and O–H groups in total. The van der Waals surface area contributed by atoms with Crippen LogP contribution in [0.5, 0.6) is 0 Å². The van der Waals surface area contributed by atoms with Gasteiger partial charge in [-0.05, 0) is 39.4 Å². The first-order chi connectivity index (χ1) is 9.11. The van der Waals surface area contributed by atoms with E-state index in [9.17, 15) is 0 Å². The molecule has 0 bridgehead atoms. The standard InChI is InChI=1S/C16H27ClN2/c1-5-6-7-11-19(13(2)3)16-10-8-9-15(17)14(16)12-18-4/h8-10,13,18H,5-7,11-12H2,1-4H3. The molecule has 0 amide bonds. The molecule has 0 aliphatic carbocycles. The smallest absolute Gasteiger partial charge is 0.0471 e. The molecule has 0 unspecified atom stereocenters. The van der Waals surface area contributed by atoms with Gasteiger partial charge in [0.15, 0.2) is 0 Å². The molecule has 3 heteroatoms. The number of unbranched alkanes of at least 4 members (excludes halogenated alkanes) is 2. The molecule has 0 saturated heterocycles. The lowest BCUT2D eigenvalue weighted by Gasteiger charge is -2.31. The predicted octanol–water partition coefficient (Wildman–Crippen LogP) is 4.46. The van der Waals surface area contributed by atoms with Crippen molar-refractivity contribution in [1.29, 1.82) is 0 Å². The summed E-state index contributed by atoms with van der Waals surface area (Å²) < 4.78 is 0. The Morgan fingerprint density at radius 2 is 2.00 bits per heavy atom. The van der Waals surface area contributed by atoms with Gasteiger partial charge in [0.25, 0.3) is 0 Å². The average Bonchev–Trinajstić information content (AvgIpc) is 2.37. The van der Waals surface area contributed by atoms with Crippen molar-refractivity contribution in [3.8, 4) is 0 Å². The van der Waals surface area contributed by atoms with Crippen molar-refractivity contribution < 1.29 is 0 Å². The highest BCUT2D eigenvalue weighted by Gasteiger charge is 2.15. The minimum absolute atomic E-state index is 0.492. The zero-order valence-electron chi connectivity index (χ0n) is 12.7. The van der Waals surface area contributed by atoms with Crippen LogP contribution in [-0.4, -0.2) is 19.6 Å². The van der Waals surface area contributed by atoms with Crippen molar-refractivity contribution in [2.45, 2.75) is 52.6 Å². The normalized spacial score (nSPS) is 11.1. The summed E-state index contributed by atoms with van der Waals surface area (Å²) >= 11 is 6.35. The molecule has 0 aromatic heterocycles. The van der Waals surface area contributed by atoms with E-state index in [1.807, 2.05) is 19.2 Å². The number of halogens is 1. The highest BCUT2D eigenvalue weighted by atomic mass is 35.5. The molecule has 0 aliphatic heterocycles. The highest BCUT2D eigenvalue weighted by Crippen LogP contribution is 2.29. The fourth-order valence-electron chi connectivity index (χ4n) is 2.36. The minimum atomic E-state index is 0.492. The molecule has 0 spiro atoms. The fourth-order valence-corrected chi connectivity index (χ4v) is 2.59. The van der Waals surface area contributed by atoms with Crippen LogP contribution in [0.15, 0.2) is 18.2 Å². The van der Waals surface area contributed by atoms with Crippen LogP contribution in [0.3, 0.4) is 0 Å². The van der Waals surface area contributed by atoms with Crippen LogP contribution < -0.4 is 10.2 Å². The molecule has 0 atom stereocenters. The Morgan fingerprint density at radius 1 is 1.26 bits per heavy atom. The van der Waals surface area contributed by atoms with Crippen LogP contribution in [0.4, 0.5) is 5.69 Å². The summed E-state index contributed by atoms with van der Waals surface area (Å²) in [6.45, 7) is 8.64. The van der Waals surface area contributed by atoms with Crippen LogP contribution in [0, 0.1) is 0 Å². The lowest BCUT2D eigenvalue weighted by atomic mass is 10.1. The van der Waals surface area contributed by atoms with Crippen molar-refractivity contribution in [2.75, 3.05) is 18.5 Å².